The van der Waals surface area contributed by atoms with E-state index in [1.165, 1.54) is 6.07 Å². The van der Waals surface area contributed by atoms with Gasteiger partial charge in [0, 0.05) is 6.07 Å². The molecule has 1 aromatic heterocycles. The summed E-state index contributed by atoms with van der Waals surface area (Å²) in [6.07, 6.45) is 0.244. The van der Waals surface area contributed by atoms with E-state index in [0.29, 0.717) is 5.69 Å². The van der Waals surface area contributed by atoms with Gasteiger partial charge in [0.05, 0.1) is 18.2 Å². The van der Waals surface area contributed by atoms with Crippen LogP contribution < -0.4 is 0 Å². The molecule has 0 amide bonds. The lowest BCUT2D eigenvalue weighted by atomic mass is 10.3. The highest BCUT2D eigenvalue weighted by Gasteiger charge is 1.92. The Morgan fingerprint density at radius 1 is 1.60 bits per heavy atom. The molecule has 0 aromatic carbocycles. The van der Waals surface area contributed by atoms with Crippen LogP contribution in [-0.2, 0) is 6.42 Å². The van der Waals surface area contributed by atoms with Gasteiger partial charge in [-0.05, 0) is 6.07 Å². The van der Waals surface area contributed by atoms with Crippen LogP contribution in [0.25, 0.3) is 0 Å². The van der Waals surface area contributed by atoms with Crippen LogP contribution in [0.15, 0.2) is 18.2 Å². The van der Waals surface area contributed by atoms with Crippen LogP contribution in [0.1, 0.15) is 5.69 Å². The van der Waals surface area contributed by atoms with Gasteiger partial charge in [0.1, 0.15) is 0 Å². The molecule has 0 saturated heterocycles. The van der Waals surface area contributed by atoms with E-state index < -0.39 is 0 Å². The number of rotatable bonds is 1. The molecule has 10 heavy (non-hydrogen) atoms. The summed E-state index contributed by atoms with van der Waals surface area (Å²) in [6, 6.07) is 6.77. The maximum atomic E-state index is 8.82. The molecule has 3 nitrogen and oxygen atoms in total. The van der Waals surface area contributed by atoms with Crippen molar-refractivity contribution >= 4 is 0 Å². The summed E-state index contributed by atoms with van der Waals surface area (Å²) in [5.74, 6) is -0.0345. The van der Waals surface area contributed by atoms with Gasteiger partial charge in [-0.15, -0.1) is 0 Å². The highest BCUT2D eigenvalue weighted by molar-refractivity contribution is 5.16. The zero-order valence-corrected chi connectivity index (χ0v) is 5.28. The Balaban J connectivity index is 2.87. The van der Waals surface area contributed by atoms with E-state index in [-0.39, 0.29) is 12.3 Å². The van der Waals surface area contributed by atoms with Crippen molar-refractivity contribution in [3.8, 4) is 11.9 Å². The van der Waals surface area contributed by atoms with Crippen molar-refractivity contribution in [3.05, 3.63) is 23.9 Å². The molecule has 0 atom stereocenters. The van der Waals surface area contributed by atoms with Crippen LogP contribution in [0.3, 0.4) is 0 Å². The molecule has 0 bridgehead atoms. The predicted octanol–water partition coefficient (Wildman–Crippen LogP) is 0.853. The van der Waals surface area contributed by atoms with Gasteiger partial charge < -0.3 is 5.11 Å². The lowest BCUT2D eigenvalue weighted by molar-refractivity contribution is 0.451. The van der Waals surface area contributed by atoms with Gasteiger partial charge in [-0.1, -0.05) is 6.07 Å². The normalized spacial score (nSPS) is 8.70. The van der Waals surface area contributed by atoms with Crippen molar-refractivity contribution < 1.29 is 5.11 Å². The standard InChI is InChI=1S/C7H6N2O/c8-5-4-6-2-1-3-7(10)9-6/h1-3H,4H2,(H,9,10). The Kier molecular flexibility index (Phi) is 1.86. The van der Waals surface area contributed by atoms with Crippen LogP contribution in [0, 0.1) is 11.3 Å². The number of nitrogens with zero attached hydrogens (tertiary/aromatic N) is 2. The van der Waals surface area contributed by atoms with Gasteiger partial charge in [0.15, 0.2) is 0 Å². The molecule has 0 aliphatic heterocycles. The number of nitriles is 1. The summed E-state index contributed by atoms with van der Waals surface area (Å²) in [7, 11) is 0. The van der Waals surface area contributed by atoms with Crippen molar-refractivity contribution in [1.82, 2.24) is 4.98 Å². The monoisotopic (exact) mass is 134 g/mol. The number of aromatic nitrogens is 1. The Hall–Kier alpha value is -1.56. The molecule has 0 spiro atoms. The summed E-state index contributed by atoms with van der Waals surface area (Å²) in [4.78, 5) is 3.70. The van der Waals surface area contributed by atoms with Crippen LogP contribution >= 0.6 is 0 Å². The second kappa shape index (κ2) is 2.83. The molecule has 50 valence electrons. The molecule has 1 N–H and O–H groups in total. The summed E-state index contributed by atoms with van der Waals surface area (Å²) >= 11 is 0. The average Bonchev–Trinajstić information content (AvgIpc) is 1.88. The quantitative estimate of drug-likeness (QED) is 0.619. The Bertz CT molecular complexity index is 265. The van der Waals surface area contributed by atoms with Gasteiger partial charge in [0.2, 0.25) is 5.88 Å². The predicted molar refractivity (Wildman–Crippen MR) is 35.2 cm³/mol. The van der Waals surface area contributed by atoms with E-state index in [2.05, 4.69) is 4.98 Å². The molecular formula is C7H6N2O. The van der Waals surface area contributed by atoms with E-state index in [4.69, 9.17) is 10.4 Å². The second-order valence-corrected chi connectivity index (χ2v) is 1.82. The summed E-state index contributed by atoms with van der Waals surface area (Å²) in [6.45, 7) is 0. The minimum absolute atomic E-state index is 0.0345. The van der Waals surface area contributed by atoms with E-state index in [9.17, 15) is 0 Å². The minimum Gasteiger partial charge on any atom is -0.493 e. The maximum absolute atomic E-state index is 8.82. The lowest BCUT2D eigenvalue weighted by Crippen LogP contribution is -1.85. The number of hydrogen-bond acceptors (Lipinski definition) is 3. The van der Waals surface area contributed by atoms with Crippen molar-refractivity contribution in [1.29, 1.82) is 5.26 Å². The van der Waals surface area contributed by atoms with Crippen LogP contribution in [-0.4, -0.2) is 10.1 Å². The first-order valence-corrected chi connectivity index (χ1v) is 2.85. The van der Waals surface area contributed by atoms with Crippen molar-refractivity contribution in [2.24, 2.45) is 0 Å². The molecule has 1 rings (SSSR count). The Morgan fingerprint density at radius 2 is 2.40 bits per heavy atom. The van der Waals surface area contributed by atoms with Crippen LogP contribution in [0.4, 0.5) is 0 Å². The fraction of sp³-hybridized carbons (Fsp3) is 0.143. The summed E-state index contributed by atoms with van der Waals surface area (Å²) in [5.41, 5.74) is 0.600. The number of aromatic hydroxyl groups is 1. The third-order valence-electron chi connectivity index (χ3n) is 1.05. The molecule has 0 aliphatic rings. The lowest BCUT2D eigenvalue weighted by Gasteiger charge is -1.92. The maximum Gasteiger partial charge on any atom is 0.210 e. The molecule has 1 aromatic rings. The van der Waals surface area contributed by atoms with Crippen LogP contribution in [0.2, 0.25) is 0 Å². The van der Waals surface area contributed by atoms with Gasteiger partial charge >= 0.3 is 0 Å². The molecule has 0 unspecified atom stereocenters. The van der Waals surface area contributed by atoms with E-state index in [1.807, 2.05) is 6.07 Å². The summed E-state index contributed by atoms with van der Waals surface area (Å²) in [5, 5.41) is 17.1. The SMILES string of the molecule is N#CCc1cccc(O)n1. The molecule has 1 heterocycles. The average molecular weight is 134 g/mol. The van der Waals surface area contributed by atoms with Crippen molar-refractivity contribution in [3.63, 3.8) is 0 Å². The largest absolute Gasteiger partial charge is 0.493 e. The first-order valence-electron chi connectivity index (χ1n) is 2.85. The van der Waals surface area contributed by atoms with E-state index in [1.54, 1.807) is 12.1 Å². The fourth-order valence-electron chi connectivity index (χ4n) is 0.646. The first kappa shape index (κ1) is 6.56. The van der Waals surface area contributed by atoms with E-state index in [0.717, 1.165) is 0 Å². The minimum atomic E-state index is -0.0345. The molecule has 3 heteroatoms. The second-order valence-electron chi connectivity index (χ2n) is 1.82. The summed E-state index contributed by atoms with van der Waals surface area (Å²) < 4.78 is 0. The molecule has 0 radical (unpaired) electrons. The fourth-order valence-corrected chi connectivity index (χ4v) is 0.646. The molecule has 0 saturated carbocycles. The highest BCUT2D eigenvalue weighted by atomic mass is 16.3. The van der Waals surface area contributed by atoms with Crippen molar-refractivity contribution in [2.45, 2.75) is 6.42 Å². The number of hydrogen-bond donors (Lipinski definition) is 1. The number of pyridine rings is 1. The van der Waals surface area contributed by atoms with Gasteiger partial charge in [-0.3, -0.25) is 0 Å². The van der Waals surface area contributed by atoms with E-state index >= 15 is 0 Å². The third-order valence-corrected chi connectivity index (χ3v) is 1.05. The van der Waals surface area contributed by atoms with Gasteiger partial charge in [0.25, 0.3) is 0 Å². The zero-order valence-electron chi connectivity index (χ0n) is 5.28. The van der Waals surface area contributed by atoms with Crippen LogP contribution in [0.5, 0.6) is 5.88 Å². The first-order chi connectivity index (χ1) is 4.83. The van der Waals surface area contributed by atoms with Gasteiger partial charge in [-0.25, -0.2) is 4.98 Å². The smallest absolute Gasteiger partial charge is 0.210 e. The van der Waals surface area contributed by atoms with Crippen molar-refractivity contribution in [2.75, 3.05) is 0 Å². The Morgan fingerprint density at radius 3 is 3.00 bits per heavy atom. The third kappa shape index (κ3) is 1.46. The molecule has 0 aliphatic carbocycles. The molecular weight excluding hydrogens is 128 g/mol. The zero-order chi connectivity index (χ0) is 7.40. The Labute approximate surface area is 58.6 Å². The highest BCUT2D eigenvalue weighted by Crippen LogP contribution is 2.04. The molecule has 0 fully saturated rings. The van der Waals surface area contributed by atoms with Gasteiger partial charge in [-0.2, -0.15) is 5.26 Å². The topological polar surface area (TPSA) is 56.9 Å².